The molecule has 6 heteroatoms. The number of sulfonamides is 1. The van der Waals surface area contributed by atoms with Crippen molar-refractivity contribution in [2.45, 2.75) is 31.7 Å². The van der Waals surface area contributed by atoms with Gasteiger partial charge in [0.05, 0.1) is 11.9 Å². The van der Waals surface area contributed by atoms with E-state index in [1.807, 2.05) is 6.07 Å². The average Bonchev–Trinajstić information content (AvgIpc) is 2.88. The Kier molecular flexibility index (Phi) is 4.65. The Balaban J connectivity index is 2.07. The second kappa shape index (κ2) is 6.26. The van der Waals surface area contributed by atoms with Crippen molar-refractivity contribution < 1.29 is 13.2 Å². The second-order valence-corrected chi connectivity index (χ2v) is 7.06. The van der Waals surface area contributed by atoms with Gasteiger partial charge in [-0.3, -0.25) is 9.10 Å². The standard InChI is InChI=1S/C14H20N2O3S/c1-20(18,19)16(13-9-3-2-4-10-13)11-14(17)15-12-7-5-6-8-12/h2-4,9-10,12H,5-8,11H2,1H3,(H,15,17). The predicted octanol–water partition coefficient (Wildman–Crippen LogP) is 1.51. The lowest BCUT2D eigenvalue weighted by molar-refractivity contribution is -0.120. The van der Waals surface area contributed by atoms with Gasteiger partial charge >= 0.3 is 0 Å². The number of rotatable bonds is 5. The number of benzene rings is 1. The maximum Gasteiger partial charge on any atom is 0.240 e. The third-order valence-corrected chi connectivity index (χ3v) is 4.59. The number of hydrogen-bond acceptors (Lipinski definition) is 3. The summed E-state index contributed by atoms with van der Waals surface area (Å²) in [6.45, 7) is -0.167. The van der Waals surface area contributed by atoms with Gasteiger partial charge in [-0.05, 0) is 25.0 Å². The lowest BCUT2D eigenvalue weighted by Gasteiger charge is -2.22. The lowest BCUT2D eigenvalue weighted by atomic mass is 10.2. The van der Waals surface area contributed by atoms with Gasteiger partial charge in [0.15, 0.2) is 0 Å². The largest absolute Gasteiger partial charge is 0.352 e. The third kappa shape index (κ3) is 3.96. The molecule has 0 saturated heterocycles. The average molecular weight is 296 g/mol. The van der Waals surface area contributed by atoms with Gasteiger partial charge in [0, 0.05) is 6.04 Å². The maximum absolute atomic E-state index is 12.0. The smallest absolute Gasteiger partial charge is 0.240 e. The minimum absolute atomic E-state index is 0.167. The Morgan fingerprint density at radius 2 is 1.85 bits per heavy atom. The Hall–Kier alpha value is -1.56. The molecule has 110 valence electrons. The van der Waals surface area contributed by atoms with Crippen molar-refractivity contribution in [1.82, 2.24) is 5.32 Å². The minimum atomic E-state index is -3.47. The first-order valence-corrected chi connectivity index (χ1v) is 8.64. The molecule has 20 heavy (non-hydrogen) atoms. The van der Waals surface area contributed by atoms with Crippen LogP contribution in [0.15, 0.2) is 30.3 Å². The Morgan fingerprint density at radius 1 is 1.25 bits per heavy atom. The van der Waals surface area contributed by atoms with Crippen LogP contribution in [-0.4, -0.2) is 33.2 Å². The van der Waals surface area contributed by atoms with Crippen LogP contribution >= 0.6 is 0 Å². The zero-order valence-corrected chi connectivity index (χ0v) is 12.4. The van der Waals surface area contributed by atoms with Crippen molar-refractivity contribution in [1.29, 1.82) is 0 Å². The van der Waals surface area contributed by atoms with Crippen LogP contribution in [0.1, 0.15) is 25.7 Å². The van der Waals surface area contributed by atoms with Crippen molar-refractivity contribution in [3.05, 3.63) is 30.3 Å². The van der Waals surface area contributed by atoms with Gasteiger partial charge < -0.3 is 5.32 Å². The van der Waals surface area contributed by atoms with Crippen molar-refractivity contribution in [3.8, 4) is 0 Å². The molecular weight excluding hydrogens is 276 g/mol. The molecule has 0 spiro atoms. The fourth-order valence-corrected chi connectivity index (χ4v) is 3.32. The summed E-state index contributed by atoms with van der Waals surface area (Å²) in [7, 11) is -3.47. The van der Waals surface area contributed by atoms with E-state index in [1.54, 1.807) is 24.3 Å². The number of carbonyl (C=O) groups excluding carboxylic acids is 1. The van der Waals surface area contributed by atoms with Crippen molar-refractivity contribution in [2.75, 3.05) is 17.1 Å². The minimum Gasteiger partial charge on any atom is -0.352 e. The SMILES string of the molecule is CS(=O)(=O)N(CC(=O)NC1CCCC1)c1ccccc1. The molecule has 1 aromatic rings. The molecule has 1 aliphatic rings. The predicted molar refractivity (Wildman–Crippen MR) is 79.0 cm³/mol. The highest BCUT2D eigenvalue weighted by Crippen LogP contribution is 2.19. The van der Waals surface area contributed by atoms with Crippen molar-refractivity contribution in [2.24, 2.45) is 0 Å². The number of nitrogens with one attached hydrogen (secondary N) is 1. The molecule has 0 aliphatic heterocycles. The molecule has 0 aromatic heterocycles. The molecule has 2 rings (SSSR count). The van der Waals surface area contributed by atoms with Crippen LogP contribution in [0.5, 0.6) is 0 Å². The van der Waals surface area contributed by atoms with E-state index in [9.17, 15) is 13.2 Å². The molecule has 0 atom stereocenters. The third-order valence-electron chi connectivity index (χ3n) is 3.45. The highest BCUT2D eigenvalue weighted by molar-refractivity contribution is 7.92. The van der Waals surface area contributed by atoms with Gasteiger partial charge in [-0.1, -0.05) is 31.0 Å². The van der Waals surface area contributed by atoms with Crippen LogP contribution in [0, 0.1) is 0 Å². The number of anilines is 1. The van der Waals surface area contributed by atoms with Crippen LogP contribution in [0.2, 0.25) is 0 Å². The molecule has 1 aliphatic carbocycles. The second-order valence-electron chi connectivity index (χ2n) is 5.15. The quantitative estimate of drug-likeness (QED) is 0.895. The summed E-state index contributed by atoms with van der Waals surface area (Å²) < 4.78 is 24.8. The summed E-state index contributed by atoms with van der Waals surface area (Å²) in [6, 6.07) is 8.88. The zero-order valence-electron chi connectivity index (χ0n) is 11.6. The fraction of sp³-hybridized carbons (Fsp3) is 0.500. The summed E-state index contributed by atoms with van der Waals surface area (Å²) in [4.78, 5) is 12.0. The molecule has 0 bridgehead atoms. The normalized spacial score (nSPS) is 16.1. The van der Waals surface area contributed by atoms with E-state index in [2.05, 4.69) is 5.32 Å². The van der Waals surface area contributed by atoms with E-state index < -0.39 is 10.0 Å². The van der Waals surface area contributed by atoms with Crippen LogP contribution in [0.4, 0.5) is 5.69 Å². The van der Waals surface area contributed by atoms with Gasteiger partial charge in [-0.15, -0.1) is 0 Å². The van der Waals surface area contributed by atoms with Gasteiger partial charge in [0.25, 0.3) is 0 Å². The monoisotopic (exact) mass is 296 g/mol. The summed E-state index contributed by atoms with van der Waals surface area (Å²) in [5.74, 6) is -0.244. The number of para-hydroxylation sites is 1. The van der Waals surface area contributed by atoms with Gasteiger partial charge in [0.1, 0.15) is 6.54 Å². The van der Waals surface area contributed by atoms with Crippen LogP contribution < -0.4 is 9.62 Å². The van der Waals surface area contributed by atoms with Gasteiger partial charge in [-0.25, -0.2) is 8.42 Å². The molecule has 0 unspecified atom stereocenters. The van der Waals surface area contributed by atoms with E-state index in [-0.39, 0.29) is 18.5 Å². The highest BCUT2D eigenvalue weighted by Gasteiger charge is 2.23. The first-order valence-electron chi connectivity index (χ1n) is 6.79. The van der Waals surface area contributed by atoms with Crippen LogP contribution in [-0.2, 0) is 14.8 Å². The molecule has 1 fully saturated rings. The van der Waals surface area contributed by atoms with E-state index in [1.165, 1.54) is 0 Å². The number of amides is 1. The molecule has 5 nitrogen and oxygen atoms in total. The van der Waals surface area contributed by atoms with Crippen LogP contribution in [0.3, 0.4) is 0 Å². The Labute approximate surface area is 120 Å². The molecule has 1 amide bonds. The van der Waals surface area contributed by atoms with Gasteiger partial charge in [-0.2, -0.15) is 0 Å². The topological polar surface area (TPSA) is 66.5 Å². The molecule has 1 N–H and O–H groups in total. The van der Waals surface area contributed by atoms with E-state index in [4.69, 9.17) is 0 Å². The molecular formula is C14H20N2O3S. The summed E-state index contributed by atoms with van der Waals surface area (Å²) in [5, 5.41) is 2.91. The van der Waals surface area contributed by atoms with E-state index in [0.717, 1.165) is 36.2 Å². The molecule has 1 aromatic carbocycles. The molecule has 0 radical (unpaired) electrons. The van der Waals surface area contributed by atoms with E-state index >= 15 is 0 Å². The first-order chi connectivity index (χ1) is 9.47. The van der Waals surface area contributed by atoms with E-state index in [0.29, 0.717) is 5.69 Å². The van der Waals surface area contributed by atoms with Crippen LogP contribution in [0.25, 0.3) is 0 Å². The Morgan fingerprint density at radius 3 is 2.40 bits per heavy atom. The number of carbonyl (C=O) groups is 1. The first kappa shape index (κ1) is 14.8. The number of nitrogens with zero attached hydrogens (tertiary/aromatic N) is 1. The highest BCUT2D eigenvalue weighted by atomic mass is 32.2. The summed E-state index contributed by atoms with van der Waals surface area (Å²) >= 11 is 0. The summed E-state index contributed by atoms with van der Waals surface area (Å²) in [6.07, 6.45) is 5.33. The maximum atomic E-state index is 12.0. The number of hydrogen-bond donors (Lipinski definition) is 1. The van der Waals surface area contributed by atoms with Crippen molar-refractivity contribution >= 4 is 21.6 Å². The fourth-order valence-electron chi connectivity index (χ4n) is 2.47. The molecule has 1 saturated carbocycles. The molecule has 0 heterocycles. The zero-order chi connectivity index (χ0) is 14.6. The van der Waals surface area contributed by atoms with Gasteiger partial charge in [0.2, 0.25) is 15.9 Å². The lowest BCUT2D eigenvalue weighted by Crippen LogP contribution is -2.43. The van der Waals surface area contributed by atoms with Crippen molar-refractivity contribution in [3.63, 3.8) is 0 Å². The summed E-state index contributed by atoms with van der Waals surface area (Å²) in [5.41, 5.74) is 0.511. The Bertz CT molecular complexity index is 551.